The largest absolute Gasteiger partial charge is 0.452 e. The molecule has 0 atom stereocenters. The monoisotopic (exact) mass is 359 g/mol. The maximum Gasteiger partial charge on any atom is 0.175 e. The molecular formula is C13H11BrFNO3S. The van der Waals surface area contributed by atoms with Gasteiger partial charge in [-0.2, -0.15) is 0 Å². The Labute approximate surface area is 124 Å². The zero-order valence-electron chi connectivity index (χ0n) is 10.4. The number of nitrogens with two attached hydrogens (primary N) is 1. The van der Waals surface area contributed by atoms with Crippen LogP contribution < -0.4 is 10.5 Å². The molecule has 0 radical (unpaired) electrons. The Bertz CT molecular complexity index is 762. The molecule has 0 aliphatic rings. The average Bonchev–Trinajstić information content (AvgIpc) is 2.33. The minimum absolute atomic E-state index is 0.00649. The molecule has 0 saturated carbocycles. The van der Waals surface area contributed by atoms with Crippen molar-refractivity contribution in [3.63, 3.8) is 0 Å². The van der Waals surface area contributed by atoms with Gasteiger partial charge in [0.2, 0.25) is 0 Å². The zero-order chi connectivity index (χ0) is 14.9. The van der Waals surface area contributed by atoms with Crippen LogP contribution in [0.3, 0.4) is 0 Å². The first-order valence-corrected chi connectivity index (χ1v) is 8.18. The Morgan fingerprint density at radius 2 is 1.80 bits per heavy atom. The molecule has 0 fully saturated rings. The molecule has 106 valence electrons. The van der Waals surface area contributed by atoms with Crippen molar-refractivity contribution in [2.45, 2.75) is 4.90 Å². The Hall–Kier alpha value is -1.60. The third kappa shape index (κ3) is 3.29. The van der Waals surface area contributed by atoms with Gasteiger partial charge < -0.3 is 10.5 Å². The van der Waals surface area contributed by atoms with Crippen LogP contribution in [0, 0.1) is 5.82 Å². The van der Waals surface area contributed by atoms with Crippen molar-refractivity contribution in [1.29, 1.82) is 0 Å². The summed E-state index contributed by atoms with van der Waals surface area (Å²) in [6.07, 6.45) is 1.08. The Morgan fingerprint density at radius 3 is 2.35 bits per heavy atom. The standard InChI is InChI=1S/C13H11BrFNO3S/c1-20(17,18)9-3-5-13(11(16)7-9)19-12-4-2-8(14)6-10(12)15/h2-7H,16H2,1H3. The predicted octanol–water partition coefficient (Wildman–Crippen LogP) is 3.37. The average molecular weight is 360 g/mol. The Balaban J connectivity index is 2.35. The lowest BCUT2D eigenvalue weighted by atomic mass is 10.3. The van der Waals surface area contributed by atoms with Crippen molar-refractivity contribution < 1.29 is 17.5 Å². The van der Waals surface area contributed by atoms with Crippen LogP contribution in [-0.2, 0) is 9.84 Å². The second-order valence-electron chi connectivity index (χ2n) is 4.15. The van der Waals surface area contributed by atoms with Gasteiger partial charge in [0.25, 0.3) is 0 Å². The fourth-order valence-corrected chi connectivity index (χ4v) is 2.52. The lowest BCUT2D eigenvalue weighted by molar-refractivity contribution is 0.443. The lowest BCUT2D eigenvalue weighted by Gasteiger charge is -2.10. The van der Waals surface area contributed by atoms with Gasteiger partial charge in [-0.25, -0.2) is 12.8 Å². The second-order valence-corrected chi connectivity index (χ2v) is 7.08. The van der Waals surface area contributed by atoms with Crippen molar-refractivity contribution in [2.75, 3.05) is 12.0 Å². The summed E-state index contributed by atoms with van der Waals surface area (Å²) in [6, 6.07) is 8.37. The number of hydrogen-bond acceptors (Lipinski definition) is 4. The van der Waals surface area contributed by atoms with Gasteiger partial charge in [-0.15, -0.1) is 0 Å². The molecule has 0 unspecified atom stereocenters. The molecular weight excluding hydrogens is 349 g/mol. The minimum Gasteiger partial charge on any atom is -0.452 e. The van der Waals surface area contributed by atoms with Crippen LogP contribution in [0.4, 0.5) is 10.1 Å². The van der Waals surface area contributed by atoms with Gasteiger partial charge in [0.05, 0.1) is 10.6 Å². The van der Waals surface area contributed by atoms with E-state index in [2.05, 4.69) is 15.9 Å². The van der Waals surface area contributed by atoms with E-state index < -0.39 is 15.7 Å². The van der Waals surface area contributed by atoms with Crippen LogP contribution in [0.2, 0.25) is 0 Å². The number of rotatable bonds is 3. The summed E-state index contributed by atoms with van der Waals surface area (Å²) in [7, 11) is -3.34. The highest BCUT2D eigenvalue weighted by molar-refractivity contribution is 9.10. The molecule has 2 aromatic rings. The van der Waals surface area contributed by atoms with Gasteiger partial charge in [-0.1, -0.05) is 15.9 Å². The maximum absolute atomic E-state index is 13.6. The van der Waals surface area contributed by atoms with Crippen molar-refractivity contribution in [1.82, 2.24) is 0 Å². The van der Waals surface area contributed by atoms with Gasteiger partial charge in [-0.05, 0) is 36.4 Å². The molecule has 0 bridgehead atoms. The summed E-state index contributed by atoms with van der Waals surface area (Å²) in [6.45, 7) is 0. The smallest absolute Gasteiger partial charge is 0.175 e. The molecule has 0 aliphatic carbocycles. The molecule has 7 heteroatoms. The number of sulfone groups is 1. The third-order valence-electron chi connectivity index (χ3n) is 2.52. The van der Waals surface area contributed by atoms with Gasteiger partial charge in [0, 0.05) is 10.7 Å². The fourth-order valence-electron chi connectivity index (χ4n) is 1.53. The van der Waals surface area contributed by atoms with Gasteiger partial charge >= 0.3 is 0 Å². The topological polar surface area (TPSA) is 69.4 Å². The molecule has 0 spiro atoms. The van der Waals surface area contributed by atoms with Gasteiger partial charge in [-0.3, -0.25) is 0 Å². The van der Waals surface area contributed by atoms with E-state index in [-0.39, 0.29) is 22.1 Å². The van der Waals surface area contributed by atoms with Crippen molar-refractivity contribution in [3.8, 4) is 11.5 Å². The van der Waals surface area contributed by atoms with E-state index in [1.807, 2.05) is 0 Å². The minimum atomic E-state index is -3.34. The molecule has 2 rings (SSSR count). The van der Waals surface area contributed by atoms with Gasteiger partial charge in [0.15, 0.2) is 27.2 Å². The molecule has 2 N–H and O–H groups in total. The van der Waals surface area contributed by atoms with E-state index in [1.165, 1.54) is 30.3 Å². The summed E-state index contributed by atoms with van der Waals surface area (Å²) in [4.78, 5) is 0.0821. The predicted molar refractivity (Wildman–Crippen MR) is 78.1 cm³/mol. The summed E-state index contributed by atoms with van der Waals surface area (Å²) in [5.41, 5.74) is 5.85. The fraction of sp³-hybridized carbons (Fsp3) is 0.0769. The van der Waals surface area contributed by atoms with Gasteiger partial charge in [0.1, 0.15) is 0 Å². The first kappa shape index (κ1) is 14.8. The molecule has 0 aromatic heterocycles. The lowest BCUT2D eigenvalue weighted by Crippen LogP contribution is -2.00. The highest BCUT2D eigenvalue weighted by atomic mass is 79.9. The molecule has 0 heterocycles. The van der Waals surface area contributed by atoms with Crippen molar-refractivity contribution in [2.24, 2.45) is 0 Å². The highest BCUT2D eigenvalue weighted by Crippen LogP contribution is 2.31. The number of hydrogen-bond donors (Lipinski definition) is 1. The van der Waals surface area contributed by atoms with E-state index in [4.69, 9.17) is 10.5 Å². The first-order valence-electron chi connectivity index (χ1n) is 5.50. The number of nitrogen functional groups attached to an aromatic ring is 1. The van der Waals surface area contributed by atoms with Crippen LogP contribution in [0.15, 0.2) is 45.8 Å². The van der Waals surface area contributed by atoms with Crippen LogP contribution in [0.25, 0.3) is 0 Å². The third-order valence-corrected chi connectivity index (χ3v) is 4.13. The quantitative estimate of drug-likeness (QED) is 0.853. The van der Waals surface area contributed by atoms with E-state index >= 15 is 0 Å². The Morgan fingerprint density at radius 1 is 1.15 bits per heavy atom. The summed E-state index contributed by atoms with van der Waals surface area (Å²) < 4.78 is 42.3. The maximum atomic E-state index is 13.6. The van der Waals surface area contributed by atoms with Crippen LogP contribution >= 0.6 is 15.9 Å². The van der Waals surface area contributed by atoms with E-state index in [0.29, 0.717) is 4.47 Å². The SMILES string of the molecule is CS(=O)(=O)c1ccc(Oc2ccc(Br)cc2F)c(N)c1. The van der Waals surface area contributed by atoms with Crippen molar-refractivity contribution in [3.05, 3.63) is 46.7 Å². The number of anilines is 1. The molecule has 2 aromatic carbocycles. The summed E-state index contributed by atoms with van der Waals surface area (Å²) >= 11 is 3.14. The first-order chi connectivity index (χ1) is 9.27. The molecule has 0 saturated heterocycles. The van der Waals surface area contributed by atoms with Crippen LogP contribution in [-0.4, -0.2) is 14.7 Å². The molecule has 4 nitrogen and oxygen atoms in total. The zero-order valence-corrected chi connectivity index (χ0v) is 12.8. The number of benzene rings is 2. The van der Waals surface area contributed by atoms with E-state index in [1.54, 1.807) is 6.07 Å². The second kappa shape index (κ2) is 5.41. The van der Waals surface area contributed by atoms with Crippen LogP contribution in [0.1, 0.15) is 0 Å². The molecule has 0 aliphatic heterocycles. The number of ether oxygens (including phenoxy) is 1. The van der Waals surface area contributed by atoms with Crippen LogP contribution in [0.5, 0.6) is 11.5 Å². The van der Waals surface area contributed by atoms with Crippen molar-refractivity contribution >= 4 is 31.5 Å². The summed E-state index contributed by atoms with van der Waals surface area (Å²) in [5, 5.41) is 0. The van der Waals surface area contributed by atoms with E-state index in [9.17, 15) is 12.8 Å². The van der Waals surface area contributed by atoms with E-state index in [0.717, 1.165) is 6.26 Å². The molecule has 0 amide bonds. The summed E-state index contributed by atoms with van der Waals surface area (Å²) in [5.74, 6) is -0.350. The Kier molecular flexibility index (Phi) is 4.01. The number of halogens is 2. The molecule has 20 heavy (non-hydrogen) atoms. The normalized spacial score (nSPS) is 11.3. The highest BCUT2D eigenvalue weighted by Gasteiger charge is 2.12.